The van der Waals surface area contributed by atoms with Crippen LogP contribution in [-0.2, 0) is 6.54 Å². The molecule has 1 aromatic carbocycles. The summed E-state index contributed by atoms with van der Waals surface area (Å²) in [5.41, 5.74) is 2.07. The van der Waals surface area contributed by atoms with E-state index >= 15 is 0 Å². The van der Waals surface area contributed by atoms with Crippen molar-refractivity contribution in [1.82, 2.24) is 9.97 Å². The van der Waals surface area contributed by atoms with E-state index in [4.69, 9.17) is 0 Å². The highest BCUT2D eigenvalue weighted by atomic mass is 16.3. The van der Waals surface area contributed by atoms with Crippen LogP contribution in [0, 0.1) is 0 Å². The molecule has 4 heteroatoms. The van der Waals surface area contributed by atoms with Crippen LogP contribution < -0.4 is 4.90 Å². The number of phenols is 1. The third kappa shape index (κ3) is 2.78. The van der Waals surface area contributed by atoms with E-state index in [1.807, 2.05) is 18.3 Å². The first-order valence-electron chi connectivity index (χ1n) is 5.70. The Balaban J connectivity index is 2.23. The third-order valence-corrected chi connectivity index (χ3v) is 2.68. The van der Waals surface area contributed by atoms with E-state index in [1.54, 1.807) is 18.5 Å². The molecule has 0 atom stereocenters. The average molecular weight is 231 g/mol. The quantitative estimate of drug-likeness (QED) is 0.850. The molecule has 0 aliphatic rings. The van der Waals surface area contributed by atoms with Crippen molar-refractivity contribution in [3.8, 4) is 5.75 Å². The van der Waals surface area contributed by atoms with Crippen molar-refractivity contribution >= 4 is 5.69 Å². The minimum atomic E-state index is 0.290. The van der Waals surface area contributed by atoms with Gasteiger partial charge in [-0.25, -0.2) is 4.98 Å². The number of benzene rings is 1. The predicted molar refractivity (Wildman–Crippen MR) is 68.0 cm³/mol. The summed E-state index contributed by atoms with van der Waals surface area (Å²) < 4.78 is 0. The summed E-state index contributed by atoms with van der Waals surface area (Å²) in [6.07, 6.45) is 3.49. The maximum atomic E-state index is 9.52. The Hall–Kier alpha value is -1.97. The van der Waals surface area contributed by atoms with Crippen molar-refractivity contribution in [2.45, 2.75) is 26.4 Å². The van der Waals surface area contributed by atoms with Gasteiger partial charge in [0.2, 0.25) is 0 Å². The molecule has 0 unspecified atom stereocenters. The van der Waals surface area contributed by atoms with Crippen molar-refractivity contribution in [2.75, 3.05) is 4.90 Å². The van der Waals surface area contributed by atoms with Gasteiger partial charge in [-0.2, -0.15) is 0 Å². The second kappa shape index (κ2) is 4.91. The number of aromatic hydroxyl groups is 1. The molecule has 0 saturated carbocycles. The molecule has 0 spiro atoms. The molecule has 0 radical (unpaired) electrons. The van der Waals surface area contributed by atoms with Crippen LogP contribution in [0.1, 0.15) is 19.5 Å². The lowest BCUT2D eigenvalue weighted by Crippen LogP contribution is -2.30. The summed E-state index contributed by atoms with van der Waals surface area (Å²) in [5, 5.41) is 9.52. The molecule has 0 bridgehead atoms. The molecule has 0 saturated heterocycles. The Morgan fingerprint density at radius 2 is 2.24 bits per heavy atom. The highest BCUT2D eigenvalue weighted by molar-refractivity contribution is 5.51. The van der Waals surface area contributed by atoms with Gasteiger partial charge in [-0.05, 0) is 26.0 Å². The highest BCUT2D eigenvalue weighted by Crippen LogP contribution is 2.23. The van der Waals surface area contributed by atoms with Gasteiger partial charge in [0.1, 0.15) is 5.75 Å². The van der Waals surface area contributed by atoms with Crippen LogP contribution in [0.15, 0.2) is 36.8 Å². The van der Waals surface area contributed by atoms with Gasteiger partial charge in [0, 0.05) is 24.0 Å². The molecule has 0 aliphatic heterocycles. The van der Waals surface area contributed by atoms with Crippen molar-refractivity contribution in [1.29, 1.82) is 0 Å². The summed E-state index contributed by atoms with van der Waals surface area (Å²) in [7, 11) is 0. The number of nitrogens with zero attached hydrogens (tertiary/aromatic N) is 2. The molecule has 2 aromatic rings. The molecular weight excluding hydrogens is 214 g/mol. The van der Waals surface area contributed by atoms with Gasteiger partial charge in [0.15, 0.2) is 0 Å². The Morgan fingerprint density at radius 3 is 2.82 bits per heavy atom. The molecule has 90 valence electrons. The van der Waals surface area contributed by atoms with E-state index in [2.05, 4.69) is 28.7 Å². The lowest BCUT2D eigenvalue weighted by molar-refractivity contribution is 0.475. The Labute approximate surface area is 101 Å². The number of nitrogens with one attached hydrogen (secondary N) is 1. The monoisotopic (exact) mass is 231 g/mol. The Kier molecular flexibility index (Phi) is 3.32. The SMILES string of the molecule is CC(C)N(Cc1cnc[nH]1)c1cccc(O)c1. The van der Waals surface area contributed by atoms with Crippen LogP contribution in [0.3, 0.4) is 0 Å². The number of aromatic nitrogens is 2. The average Bonchev–Trinajstić information content (AvgIpc) is 2.78. The first-order chi connectivity index (χ1) is 8.16. The van der Waals surface area contributed by atoms with Crippen molar-refractivity contribution in [2.24, 2.45) is 0 Å². The molecule has 0 amide bonds. The van der Waals surface area contributed by atoms with E-state index < -0.39 is 0 Å². The molecule has 17 heavy (non-hydrogen) atoms. The summed E-state index contributed by atoms with van der Waals surface area (Å²) in [5.74, 6) is 0.290. The van der Waals surface area contributed by atoms with Gasteiger partial charge < -0.3 is 15.0 Å². The standard InChI is InChI=1S/C13H17N3O/c1-10(2)16(8-11-7-14-9-15-11)12-4-3-5-13(17)6-12/h3-7,9-10,17H,8H2,1-2H3,(H,14,15). The fraction of sp³-hybridized carbons (Fsp3) is 0.308. The lowest BCUT2D eigenvalue weighted by atomic mass is 10.2. The van der Waals surface area contributed by atoms with Gasteiger partial charge in [0.05, 0.1) is 18.6 Å². The summed E-state index contributed by atoms with van der Waals surface area (Å²) >= 11 is 0. The van der Waals surface area contributed by atoms with Gasteiger partial charge >= 0.3 is 0 Å². The van der Waals surface area contributed by atoms with Gasteiger partial charge in [-0.15, -0.1) is 0 Å². The largest absolute Gasteiger partial charge is 0.508 e. The molecule has 4 nitrogen and oxygen atoms in total. The molecule has 1 aromatic heterocycles. The van der Waals surface area contributed by atoms with Gasteiger partial charge in [0.25, 0.3) is 0 Å². The zero-order valence-corrected chi connectivity index (χ0v) is 10.1. The van der Waals surface area contributed by atoms with Crippen LogP contribution >= 0.6 is 0 Å². The van der Waals surface area contributed by atoms with Crippen LogP contribution in [0.2, 0.25) is 0 Å². The topological polar surface area (TPSA) is 52.2 Å². The normalized spacial score (nSPS) is 10.8. The van der Waals surface area contributed by atoms with Crippen molar-refractivity contribution in [3.05, 3.63) is 42.5 Å². The second-order valence-corrected chi connectivity index (χ2v) is 4.32. The smallest absolute Gasteiger partial charge is 0.117 e. The van der Waals surface area contributed by atoms with E-state index in [0.29, 0.717) is 6.04 Å². The minimum Gasteiger partial charge on any atom is -0.508 e. The zero-order chi connectivity index (χ0) is 12.3. The third-order valence-electron chi connectivity index (χ3n) is 2.68. The highest BCUT2D eigenvalue weighted by Gasteiger charge is 2.12. The number of imidazole rings is 1. The molecule has 2 rings (SSSR count). The minimum absolute atomic E-state index is 0.290. The maximum absolute atomic E-state index is 9.52. The van der Waals surface area contributed by atoms with E-state index in [0.717, 1.165) is 17.9 Å². The predicted octanol–water partition coefficient (Wildman–Crippen LogP) is 2.53. The first kappa shape index (κ1) is 11.5. The number of H-pyrrole nitrogens is 1. The lowest BCUT2D eigenvalue weighted by Gasteiger charge is -2.28. The Morgan fingerprint density at radius 1 is 1.41 bits per heavy atom. The maximum Gasteiger partial charge on any atom is 0.117 e. The molecule has 1 heterocycles. The van der Waals surface area contributed by atoms with Crippen LogP contribution in [-0.4, -0.2) is 21.1 Å². The zero-order valence-electron chi connectivity index (χ0n) is 10.1. The number of phenolic OH excluding ortho intramolecular Hbond substituents is 1. The first-order valence-corrected chi connectivity index (χ1v) is 5.70. The molecule has 0 fully saturated rings. The van der Waals surface area contributed by atoms with Crippen molar-refractivity contribution in [3.63, 3.8) is 0 Å². The number of hydrogen-bond acceptors (Lipinski definition) is 3. The molecular formula is C13H17N3O. The van der Waals surface area contributed by atoms with E-state index in [-0.39, 0.29) is 5.75 Å². The fourth-order valence-corrected chi connectivity index (χ4v) is 1.80. The fourth-order valence-electron chi connectivity index (χ4n) is 1.80. The second-order valence-electron chi connectivity index (χ2n) is 4.32. The number of aromatic amines is 1. The molecule has 0 aliphatic carbocycles. The van der Waals surface area contributed by atoms with Gasteiger partial charge in [-0.3, -0.25) is 0 Å². The summed E-state index contributed by atoms with van der Waals surface area (Å²) in [6.45, 7) is 5.00. The Bertz CT molecular complexity index is 465. The van der Waals surface area contributed by atoms with Crippen LogP contribution in [0.5, 0.6) is 5.75 Å². The number of anilines is 1. The summed E-state index contributed by atoms with van der Waals surface area (Å²) in [6, 6.07) is 7.65. The van der Waals surface area contributed by atoms with Crippen LogP contribution in [0.25, 0.3) is 0 Å². The van der Waals surface area contributed by atoms with E-state index in [9.17, 15) is 5.11 Å². The van der Waals surface area contributed by atoms with Crippen LogP contribution in [0.4, 0.5) is 5.69 Å². The number of hydrogen-bond donors (Lipinski definition) is 2. The van der Waals surface area contributed by atoms with E-state index in [1.165, 1.54) is 0 Å². The number of rotatable bonds is 4. The molecule has 2 N–H and O–H groups in total. The summed E-state index contributed by atoms with van der Waals surface area (Å²) in [4.78, 5) is 9.31. The van der Waals surface area contributed by atoms with Gasteiger partial charge in [-0.1, -0.05) is 6.07 Å². The van der Waals surface area contributed by atoms with Crippen molar-refractivity contribution < 1.29 is 5.11 Å².